The Morgan fingerprint density at radius 2 is 2.05 bits per heavy atom. The van der Waals surface area contributed by atoms with Gasteiger partial charge in [0.2, 0.25) is 0 Å². The Labute approximate surface area is 113 Å². The summed E-state index contributed by atoms with van der Waals surface area (Å²) in [6, 6.07) is 4.45. The van der Waals surface area contributed by atoms with Crippen LogP contribution >= 0.6 is 0 Å². The van der Waals surface area contributed by atoms with Crippen molar-refractivity contribution in [2.24, 2.45) is 11.7 Å². The molecule has 1 saturated heterocycles. The van der Waals surface area contributed by atoms with Gasteiger partial charge in [-0.1, -0.05) is 19.1 Å². The summed E-state index contributed by atoms with van der Waals surface area (Å²) in [5, 5.41) is 0. The van der Waals surface area contributed by atoms with Crippen molar-refractivity contribution in [1.29, 1.82) is 0 Å². The molecule has 2 rings (SSSR count). The number of rotatable bonds is 3. The Morgan fingerprint density at radius 1 is 1.32 bits per heavy atom. The third kappa shape index (κ3) is 2.95. The number of halogens is 2. The fourth-order valence-electron chi connectivity index (χ4n) is 2.98. The molecule has 1 aliphatic heterocycles. The number of nitrogens with two attached hydrogens (primary N) is 1. The molecule has 0 aromatic heterocycles. The Balaban J connectivity index is 2.30. The van der Waals surface area contributed by atoms with Crippen molar-refractivity contribution in [3.05, 3.63) is 35.4 Å². The Morgan fingerprint density at radius 3 is 2.74 bits per heavy atom. The van der Waals surface area contributed by atoms with E-state index < -0.39 is 11.6 Å². The minimum atomic E-state index is -0.798. The molecule has 19 heavy (non-hydrogen) atoms. The van der Waals surface area contributed by atoms with Crippen LogP contribution in [0.1, 0.15) is 38.3 Å². The van der Waals surface area contributed by atoms with Gasteiger partial charge in [-0.25, -0.2) is 8.78 Å². The zero-order chi connectivity index (χ0) is 14.0. The number of nitrogens with zero attached hydrogens (tertiary/aromatic N) is 1. The molecule has 0 aliphatic carbocycles. The third-order valence-corrected chi connectivity index (χ3v) is 4.13. The van der Waals surface area contributed by atoms with Crippen LogP contribution in [0.3, 0.4) is 0 Å². The molecule has 0 amide bonds. The first-order valence-electron chi connectivity index (χ1n) is 6.94. The maximum Gasteiger partial charge on any atom is 0.163 e. The van der Waals surface area contributed by atoms with E-state index in [2.05, 4.69) is 18.7 Å². The first-order valence-corrected chi connectivity index (χ1v) is 6.94. The van der Waals surface area contributed by atoms with Crippen LogP contribution in [-0.2, 0) is 0 Å². The molecule has 4 heteroatoms. The molecule has 3 atom stereocenters. The molecular weight excluding hydrogens is 246 g/mol. The fraction of sp³-hybridized carbons (Fsp3) is 0.600. The summed E-state index contributed by atoms with van der Waals surface area (Å²) < 4.78 is 27.3. The highest BCUT2D eigenvalue weighted by Gasteiger charge is 2.31. The summed E-state index contributed by atoms with van der Waals surface area (Å²) in [5.74, 6) is -0.987. The van der Waals surface area contributed by atoms with Crippen LogP contribution in [0.25, 0.3) is 0 Å². The number of hydrogen-bond donors (Lipinski definition) is 1. The van der Waals surface area contributed by atoms with E-state index in [-0.39, 0.29) is 6.04 Å². The van der Waals surface area contributed by atoms with Gasteiger partial charge in [0.15, 0.2) is 11.6 Å². The van der Waals surface area contributed by atoms with E-state index in [1.54, 1.807) is 12.1 Å². The fourth-order valence-corrected chi connectivity index (χ4v) is 2.98. The highest BCUT2D eigenvalue weighted by Crippen LogP contribution is 2.31. The number of benzene rings is 1. The van der Waals surface area contributed by atoms with Gasteiger partial charge in [0.05, 0.1) is 6.04 Å². The maximum atomic E-state index is 14.0. The average Bonchev–Trinajstić information content (AvgIpc) is 2.39. The molecule has 0 radical (unpaired) electrons. The van der Waals surface area contributed by atoms with Crippen molar-refractivity contribution < 1.29 is 8.78 Å². The minimum Gasteiger partial charge on any atom is -0.329 e. The largest absolute Gasteiger partial charge is 0.329 e. The molecule has 0 bridgehead atoms. The first-order chi connectivity index (χ1) is 9.04. The third-order valence-electron chi connectivity index (χ3n) is 4.13. The summed E-state index contributed by atoms with van der Waals surface area (Å²) >= 11 is 0. The van der Waals surface area contributed by atoms with Gasteiger partial charge < -0.3 is 5.73 Å². The molecule has 1 fully saturated rings. The number of likely N-dealkylation sites (tertiary alicyclic amines) is 1. The lowest BCUT2D eigenvalue weighted by Gasteiger charge is -2.42. The molecule has 0 saturated carbocycles. The van der Waals surface area contributed by atoms with Gasteiger partial charge in [-0.15, -0.1) is 0 Å². The van der Waals surface area contributed by atoms with Crippen LogP contribution < -0.4 is 5.73 Å². The molecule has 0 spiro atoms. The quantitative estimate of drug-likeness (QED) is 0.912. The molecule has 1 aromatic carbocycles. The number of piperidine rings is 1. The highest BCUT2D eigenvalue weighted by atomic mass is 19.2. The summed E-state index contributed by atoms with van der Waals surface area (Å²) in [6.07, 6.45) is 2.26. The molecule has 1 aromatic rings. The molecule has 106 valence electrons. The van der Waals surface area contributed by atoms with Crippen molar-refractivity contribution in [2.45, 2.75) is 38.8 Å². The van der Waals surface area contributed by atoms with Crippen molar-refractivity contribution in [1.82, 2.24) is 4.90 Å². The molecule has 1 heterocycles. The van der Waals surface area contributed by atoms with Gasteiger partial charge in [-0.3, -0.25) is 4.90 Å². The summed E-state index contributed by atoms with van der Waals surface area (Å²) in [5.41, 5.74) is 6.21. The second kappa shape index (κ2) is 5.97. The van der Waals surface area contributed by atoms with Crippen LogP contribution in [0.4, 0.5) is 8.78 Å². The Hall–Kier alpha value is -1.00. The minimum absolute atomic E-state index is 0.242. The van der Waals surface area contributed by atoms with E-state index in [1.807, 2.05) is 0 Å². The first kappa shape index (κ1) is 14.4. The van der Waals surface area contributed by atoms with Crippen LogP contribution in [0.2, 0.25) is 0 Å². The van der Waals surface area contributed by atoms with E-state index in [4.69, 9.17) is 5.73 Å². The molecule has 3 unspecified atom stereocenters. The summed E-state index contributed by atoms with van der Waals surface area (Å²) in [6.45, 7) is 5.51. The number of hydrogen-bond acceptors (Lipinski definition) is 2. The van der Waals surface area contributed by atoms with Crippen LogP contribution in [0.15, 0.2) is 18.2 Å². The lowest BCUT2D eigenvalue weighted by Crippen LogP contribution is -2.45. The van der Waals surface area contributed by atoms with Crippen molar-refractivity contribution >= 4 is 0 Å². The average molecular weight is 268 g/mol. The maximum absolute atomic E-state index is 14.0. The zero-order valence-corrected chi connectivity index (χ0v) is 11.6. The van der Waals surface area contributed by atoms with E-state index in [9.17, 15) is 8.78 Å². The summed E-state index contributed by atoms with van der Waals surface area (Å²) in [4.78, 5) is 2.21. The van der Waals surface area contributed by atoms with Crippen molar-refractivity contribution in [2.75, 3.05) is 13.1 Å². The Kier molecular flexibility index (Phi) is 4.53. The van der Waals surface area contributed by atoms with Gasteiger partial charge >= 0.3 is 0 Å². The van der Waals surface area contributed by atoms with E-state index in [0.29, 0.717) is 24.1 Å². The van der Waals surface area contributed by atoms with E-state index >= 15 is 0 Å². The van der Waals surface area contributed by atoms with Crippen LogP contribution in [0.5, 0.6) is 0 Å². The summed E-state index contributed by atoms with van der Waals surface area (Å²) in [7, 11) is 0. The second-order valence-corrected chi connectivity index (χ2v) is 5.62. The van der Waals surface area contributed by atoms with Gasteiger partial charge in [0.1, 0.15) is 0 Å². The molecule has 2 nitrogen and oxygen atoms in total. The predicted molar refractivity (Wildman–Crippen MR) is 72.7 cm³/mol. The van der Waals surface area contributed by atoms with Gasteiger partial charge in [-0.05, 0) is 31.7 Å². The molecular formula is C15H22F2N2. The lowest BCUT2D eigenvalue weighted by atomic mass is 9.91. The Bertz CT molecular complexity index is 436. The van der Waals surface area contributed by atoms with Crippen molar-refractivity contribution in [3.8, 4) is 0 Å². The van der Waals surface area contributed by atoms with Gasteiger partial charge in [0.25, 0.3) is 0 Å². The van der Waals surface area contributed by atoms with E-state index in [0.717, 1.165) is 19.0 Å². The van der Waals surface area contributed by atoms with Crippen LogP contribution in [0, 0.1) is 17.6 Å². The SMILES string of the molecule is CC1CCC(C)N(C(CN)c2cccc(F)c2F)C1. The van der Waals surface area contributed by atoms with Crippen LogP contribution in [-0.4, -0.2) is 24.0 Å². The van der Waals surface area contributed by atoms with Gasteiger partial charge in [-0.2, -0.15) is 0 Å². The lowest BCUT2D eigenvalue weighted by molar-refractivity contribution is 0.0778. The second-order valence-electron chi connectivity index (χ2n) is 5.62. The zero-order valence-electron chi connectivity index (χ0n) is 11.6. The predicted octanol–water partition coefficient (Wildman–Crippen LogP) is 3.09. The monoisotopic (exact) mass is 268 g/mol. The smallest absolute Gasteiger partial charge is 0.163 e. The standard InChI is InChI=1S/C15H22F2N2/c1-10-6-7-11(2)19(9-10)14(8-18)12-4-3-5-13(16)15(12)17/h3-5,10-11,14H,6-9,18H2,1-2H3. The van der Waals surface area contributed by atoms with E-state index in [1.165, 1.54) is 6.42 Å². The normalized spacial score (nSPS) is 26.4. The highest BCUT2D eigenvalue weighted by molar-refractivity contribution is 5.23. The molecule has 1 aliphatic rings. The molecule has 2 N–H and O–H groups in total. The topological polar surface area (TPSA) is 29.3 Å². The van der Waals surface area contributed by atoms with Gasteiger partial charge in [0, 0.05) is 24.7 Å². The van der Waals surface area contributed by atoms with Crippen molar-refractivity contribution in [3.63, 3.8) is 0 Å².